The van der Waals surface area contributed by atoms with E-state index in [9.17, 15) is 10.1 Å². The van der Waals surface area contributed by atoms with Crippen LogP contribution in [0.2, 0.25) is 0 Å². The van der Waals surface area contributed by atoms with E-state index in [1.54, 1.807) is 0 Å². The van der Waals surface area contributed by atoms with E-state index in [1.807, 2.05) is 61.5 Å². The lowest BCUT2D eigenvalue weighted by atomic mass is 10.2. The molecule has 0 aliphatic carbocycles. The molecule has 0 spiro atoms. The van der Waals surface area contributed by atoms with Crippen molar-refractivity contribution in [2.24, 2.45) is 0 Å². The Kier molecular flexibility index (Phi) is 4.72. The number of rotatable bonds is 5. The van der Waals surface area contributed by atoms with Gasteiger partial charge >= 0.3 is 5.69 Å². The van der Waals surface area contributed by atoms with Crippen molar-refractivity contribution in [1.82, 2.24) is 9.97 Å². The number of hydrogen-bond donors (Lipinski definition) is 1. The topological polar surface area (TPSA) is 81.0 Å². The Morgan fingerprint density at radius 1 is 1.04 bits per heavy atom. The highest BCUT2D eigenvalue weighted by atomic mass is 32.2. The first kappa shape index (κ1) is 15.9. The first-order valence-corrected chi connectivity index (χ1v) is 8.02. The predicted octanol–water partition coefficient (Wildman–Crippen LogP) is 4.59. The number of nitrogens with one attached hydrogen (secondary N) is 1. The number of para-hydroxylation sites is 1. The van der Waals surface area contributed by atoms with Gasteiger partial charge in [0.1, 0.15) is 6.33 Å². The molecule has 0 radical (unpaired) electrons. The SMILES string of the molecule is Cc1ccccc1Nc1ncnc(Sc2ccccc2)c1[N+](=O)[O-]. The van der Waals surface area contributed by atoms with Crippen LogP contribution in [0.1, 0.15) is 5.56 Å². The van der Waals surface area contributed by atoms with E-state index in [2.05, 4.69) is 15.3 Å². The number of aryl methyl sites for hydroxylation is 1. The maximum absolute atomic E-state index is 11.6. The lowest BCUT2D eigenvalue weighted by Gasteiger charge is -2.10. The molecule has 120 valence electrons. The molecule has 0 bridgehead atoms. The summed E-state index contributed by atoms with van der Waals surface area (Å²) in [5, 5.41) is 14.9. The largest absolute Gasteiger partial charge is 0.343 e. The number of aromatic nitrogens is 2. The summed E-state index contributed by atoms with van der Waals surface area (Å²) < 4.78 is 0. The molecular formula is C17H14N4O2S. The monoisotopic (exact) mass is 338 g/mol. The molecule has 0 amide bonds. The van der Waals surface area contributed by atoms with E-state index in [-0.39, 0.29) is 11.5 Å². The number of anilines is 2. The van der Waals surface area contributed by atoms with Crippen LogP contribution in [-0.4, -0.2) is 14.9 Å². The molecule has 6 nitrogen and oxygen atoms in total. The molecule has 24 heavy (non-hydrogen) atoms. The predicted molar refractivity (Wildman–Crippen MR) is 93.7 cm³/mol. The normalized spacial score (nSPS) is 10.4. The summed E-state index contributed by atoms with van der Waals surface area (Å²) in [6, 6.07) is 17.0. The minimum Gasteiger partial charge on any atom is -0.334 e. The van der Waals surface area contributed by atoms with Crippen LogP contribution in [0.4, 0.5) is 17.2 Å². The van der Waals surface area contributed by atoms with Gasteiger partial charge < -0.3 is 5.32 Å². The number of benzene rings is 2. The first-order valence-electron chi connectivity index (χ1n) is 7.20. The second-order valence-corrected chi connectivity index (χ2v) is 6.05. The van der Waals surface area contributed by atoms with Gasteiger partial charge in [0.05, 0.1) is 4.92 Å². The fourth-order valence-electron chi connectivity index (χ4n) is 2.13. The van der Waals surface area contributed by atoms with Crippen molar-refractivity contribution in [1.29, 1.82) is 0 Å². The Balaban J connectivity index is 1.99. The molecule has 7 heteroatoms. The average molecular weight is 338 g/mol. The van der Waals surface area contributed by atoms with Crippen LogP contribution in [0.3, 0.4) is 0 Å². The third-order valence-electron chi connectivity index (χ3n) is 3.33. The van der Waals surface area contributed by atoms with Gasteiger partial charge in [-0.15, -0.1) is 0 Å². The van der Waals surface area contributed by atoms with Crippen molar-refractivity contribution in [3.8, 4) is 0 Å². The molecule has 1 heterocycles. The summed E-state index contributed by atoms with van der Waals surface area (Å²) in [5.41, 5.74) is 1.62. The second kappa shape index (κ2) is 7.10. The Morgan fingerprint density at radius 2 is 1.75 bits per heavy atom. The fraction of sp³-hybridized carbons (Fsp3) is 0.0588. The van der Waals surface area contributed by atoms with Crippen molar-refractivity contribution in [2.75, 3.05) is 5.32 Å². The minimum atomic E-state index is -0.453. The minimum absolute atomic E-state index is 0.130. The van der Waals surface area contributed by atoms with E-state index >= 15 is 0 Å². The summed E-state index contributed by atoms with van der Waals surface area (Å²) in [6.45, 7) is 1.93. The molecule has 0 unspecified atom stereocenters. The molecule has 0 aliphatic heterocycles. The van der Waals surface area contributed by atoms with Crippen molar-refractivity contribution < 1.29 is 4.92 Å². The van der Waals surface area contributed by atoms with Gasteiger partial charge in [-0.1, -0.05) is 48.2 Å². The first-order chi connectivity index (χ1) is 11.6. The quantitative estimate of drug-likeness (QED) is 0.416. The lowest BCUT2D eigenvalue weighted by Crippen LogP contribution is -2.03. The zero-order chi connectivity index (χ0) is 16.9. The van der Waals surface area contributed by atoms with Crippen LogP contribution < -0.4 is 5.32 Å². The van der Waals surface area contributed by atoms with Crippen molar-refractivity contribution >= 4 is 29.0 Å². The van der Waals surface area contributed by atoms with Crippen LogP contribution in [0.25, 0.3) is 0 Å². The molecule has 1 aromatic heterocycles. The van der Waals surface area contributed by atoms with Crippen LogP contribution in [0.15, 0.2) is 70.8 Å². The third kappa shape index (κ3) is 3.52. The average Bonchev–Trinajstić information content (AvgIpc) is 2.58. The lowest BCUT2D eigenvalue weighted by molar-refractivity contribution is -0.387. The van der Waals surface area contributed by atoms with Crippen LogP contribution in [-0.2, 0) is 0 Å². The Labute approximate surface area is 143 Å². The van der Waals surface area contributed by atoms with Gasteiger partial charge in [-0.05, 0) is 30.7 Å². The van der Waals surface area contributed by atoms with Gasteiger partial charge in [0, 0.05) is 10.6 Å². The standard InChI is InChI=1S/C17H14N4O2S/c1-12-7-5-6-10-14(12)20-16-15(21(22)23)17(19-11-18-16)24-13-8-3-2-4-9-13/h2-11H,1H3,(H,18,19,20). The van der Waals surface area contributed by atoms with Gasteiger partial charge in [0.2, 0.25) is 5.82 Å². The van der Waals surface area contributed by atoms with Gasteiger partial charge in [-0.2, -0.15) is 0 Å². The van der Waals surface area contributed by atoms with Crippen molar-refractivity contribution in [2.45, 2.75) is 16.8 Å². The summed E-state index contributed by atoms with van der Waals surface area (Å²) in [7, 11) is 0. The highest BCUT2D eigenvalue weighted by molar-refractivity contribution is 7.99. The zero-order valence-electron chi connectivity index (χ0n) is 12.8. The molecule has 3 aromatic rings. The van der Waals surface area contributed by atoms with Gasteiger partial charge in [-0.3, -0.25) is 10.1 Å². The second-order valence-electron chi connectivity index (χ2n) is 4.99. The molecular weight excluding hydrogens is 324 g/mol. The molecule has 1 N–H and O–H groups in total. The highest BCUT2D eigenvalue weighted by Crippen LogP contribution is 2.37. The third-order valence-corrected chi connectivity index (χ3v) is 4.33. The molecule has 0 saturated carbocycles. The zero-order valence-corrected chi connectivity index (χ0v) is 13.7. The van der Waals surface area contributed by atoms with Crippen LogP contribution in [0.5, 0.6) is 0 Å². The Bertz CT molecular complexity index is 871. The molecule has 0 aliphatic rings. The number of nitrogens with zero attached hydrogens (tertiary/aromatic N) is 3. The highest BCUT2D eigenvalue weighted by Gasteiger charge is 2.24. The molecule has 0 saturated heterocycles. The van der Waals surface area contributed by atoms with E-state index in [1.165, 1.54) is 18.1 Å². The van der Waals surface area contributed by atoms with E-state index in [0.717, 1.165) is 16.1 Å². The van der Waals surface area contributed by atoms with E-state index < -0.39 is 4.92 Å². The Hall–Kier alpha value is -2.93. The fourth-order valence-corrected chi connectivity index (χ4v) is 3.02. The summed E-state index contributed by atoms with van der Waals surface area (Å²) in [5.74, 6) is 0.183. The molecule has 0 fully saturated rings. The summed E-state index contributed by atoms with van der Waals surface area (Å²) in [4.78, 5) is 20.2. The smallest absolute Gasteiger partial charge is 0.334 e. The maximum Gasteiger partial charge on any atom is 0.343 e. The van der Waals surface area contributed by atoms with E-state index in [0.29, 0.717) is 5.03 Å². The van der Waals surface area contributed by atoms with Gasteiger partial charge in [-0.25, -0.2) is 9.97 Å². The van der Waals surface area contributed by atoms with Crippen LogP contribution in [0, 0.1) is 17.0 Å². The molecule has 3 rings (SSSR count). The van der Waals surface area contributed by atoms with Gasteiger partial charge in [0.25, 0.3) is 0 Å². The Morgan fingerprint density at radius 3 is 2.46 bits per heavy atom. The van der Waals surface area contributed by atoms with Crippen molar-refractivity contribution in [3.05, 3.63) is 76.6 Å². The number of nitro groups is 1. The van der Waals surface area contributed by atoms with Crippen molar-refractivity contribution in [3.63, 3.8) is 0 Å². The van der Waals surface area contributed by atoms with Gasteiger partial charge in [0.15, 0.2) is 5.03 Å². The molecule has 0 atom stereocenters. The molecule has 2 aromatic carbocycles. The number of hydrogen-bond acceptors (Lipinski definition) is 6. The maximum atomic E-state index is 11.6. The summed E-state index contributed by atoms with van der Waals surface area (Å²) >= 11 is 1.24. The van der Waals surface area contributed by atoms with Crippen LogP contribution >= 0.6 is 11.8 Å². The van der Waals surface area contributed by atoms with E-state index in [4.69, 9.17) is 0 Å². The summed E-state index contributed by atoms with van der Waals surface area (Å²) in [6.07, 6.45) is 1.33.